The van der Waals surface area contributed by atoms with Crippen LogP contribution in [0.3, 0.4) is 0 Å². The van der Waals surface area contributed by atoms with Crippen molar-refractivity contribution >= 4 is 25.7 Å². The zero-order chi connectivity index (χ0) is 22.3. The van der Waals surface area contributed by atoms with E-state index >= 15 is 0 Å². The van der Waals surface area contributed by atoms with Crippen LogP contribution in [0.5, 0.6) is 0 Å². The number of hydrogen-bond acceptors (Lipinski definition) is 5. The minimum atomic E-state index is -3.72. The average Bonchev–Trinajstić information content (AvgIpc) is 3.06. The number of amides is 2. The highest BCUT2D eigenvalue weighted by atomic mass is 32.2. The molecule has 30 heavy (non-hydrogen) atoms. The summed E-state index contributed by atoms with van der Waals surface area (Å²) < 4.78 is 50.5. The number of carbonyl (C=O) groups is 1. The lowest BCUT2D eigenvalue weighted by molar-refractivity contribution is 0.170. The highest BCUT2D eigenvalue weighted by Crippen LogP contribution is 2.41. The van der Waals surface area contributed by atoms with Gasteiger partial charge in [-0.2, -0.15) is 0 Å². The number of sulfone groups is 2. The molecular weight excluding hydrogens is 424 g/mol. The van der Waals surface area contributed by atoms with Gasteiger partial charge in [-0.1, -0.05) is 37.3 Å². The Balaban J connectivity index is 2.23. The topological polar surface area (TPSA) is 101 Å². The maximum atomic E-state index is 13.3. The van der Waals surface area contributed by atoms with Crippen molar-refractivity contribution in [1.29, 1.82) is 0 Å². The number of benzene rings is 2. The minimum absolute atomic E-state index is 0.0486. The summed E-state index contributed by atoms with van der Waals surface area (Å²) in [6.07, 6.45) is 1.14. The molecule has 7 nitrogen and oxygen atoms in total. The van der Waals surface area contributed by atoms with Gasteiger partial charge in [-0.3, -0.25) is 4.90 Å². The minimum Gasteiger partial charge on any atom is -0.334 e. The number of nitrogens with zero attached hydrogens (tertiary/aromatic N) is 1. The van der Waals surface area contributed by atoms with E-state index in [-0.39, 0.29) is 23.2 Å². The van der Waals surface area contributed by atoms with Crippen molar-refractivity contribution in [3.05, 3.63) is 54.1 Å². The predicted molar refractivity (Wildman–Crippen MR) is 117 cm³/mol. The van der Waals surface area contributed by atoms with Crippen molar-refractivity contribution in [1.82, 2.24) is 10.2 Å². The maximum Gasteiger partial charge on any atom is 0.319 e. The molecule has 3 rings (SSSR count). The SMILES string of the molecule is CCS(=O)(=O)C1(c2cccc(-c3cccc(S(C)(=O)=O)c3)c2)CNC(=O)N1C(C)C. The standard InChI is InChI=1S/C21H26N2O5S2/c1-5-30(27,28)21(14-22-20(24)23(21)15(2)3)18-10-6-8-16(12-18)17-9-7-11-19(13-17)29(4,25)26/h6-13,15H,5,14H2,1-4H3,(H,22,24). The maximum absolute atomic E-state index is 13.3. The van der Waals surface area contributed by atoms with Crippen LogP contribution in [0.4, 0.5) is 4.79 Å². The first kappa shape index (κ1) is 22.3. The molecule has 162 valence electrons. The first-order chi connectivity index (χ1) is 13.9. The van der Waals surface area contributed by atoms with E-state index in [9.17, 15) is 21.6 Å². The summed E-state index contributed by atoms with van der Waals surface area (Å²) in [4.78, 5) is 12.6. The molecule has 0 aliphatic carbocycles. The average molecular weight is 451 g/mol. The van der Waals surface area contributed by atoms with Crippen molar-refractivity contribution in [3.8, 4) is 11.1 Å². The molecule has 2 aromatic rings. The molecule has 0 radical (unpaired) electrons. The zero-order valence-corrected chi connectivity index (χ0v) is 19.0. The monoisotopic (exact) mass is 450 g/mol. The molecule has 1 heterocycles. The van der Waals surface area contributed by atoms with Gasteiger partial charge in [0.2, 0.25) is 0 Å². The third-order valence-corrected chi connectivity index (χ3v) is 8.88. The smallest absolute Gasteiger partial charge is 0.319 e. The van der Waals surface area contributed by atoms with E-state index in [1.165, 1.54) is 11.0 Å². The van der Waals surface area contributed by atoms with Crippen molar-refractivity contribution in [2.75, 3.05) is 18.6 Å². The van der Waals surface area contributed by atoms with Gasteiger partial charge in [0.1, 0.15) is 0 Å². The van der Waals surface area contributed by atoms with Gasteiger partial charge in [-0.25, -0.2) is 21.6 Å². The molecule has 0 spiro atoms. The summed E-state index contributed by atoms with van der Waals surface area (Å²) in [5, 5.41) is 2.70. The fourth-order valence-electron chi connectivity index (χ4n) is 3.95. The fraction of sp³-hybridized carbons (Fsp3) is 0.381. The second-order valence-corrected chi connectivity index (χ2v) is 12.2. The van der Waals surface area contributed by atoms with Gasteiger partial charge in [0.15, 0.2) is 24.5 Å². The first-order valence-electron chi connectivity index (χ1n) is 9.64. The summed E-state index contributed by atoms with van der Waals surface area (Å²) in [6.45, 7) is 5.08. The Labute approximate surface area is 177 Å². The Kier molecular flexibility index (Phi) is 5.72. The molecule has 0 saturated carbocycles. The van der Waals surface area contributed by atoms with Gasteiger partial charge in [0.05, 0.1) is 17.2 Å². The largest absolute Gasteiger partial charge is 0.334 e. The van der Waals surface area contributed by atoms with E-state index in [0.29, 0.717) is 16.7 Å². The molecule has 0 bridgehead atoms. The Morgan fingerprint density at radius 1 is 1.03 bits per heavy atom. The molecule has 0 aromatic heterocycles. The lowest BCUT2D eigenvalue weighted by atomic mass is 9.98. The number of rotatable bonds is 6. The highest BCUT2D eigenvalue weighted by Gasteiger charge is 2.56. The van der Waals surface area contributed by atoms with E-state index in [1.54, 1.807) is 63.2 Å². The Morgan fingerprint density at radius 3 is 2.20 bits per heavy atom. The van der Waals surface area contributed by atoms with Gasteiger partial charge < -0.3 is 5.32 Å². The molecule has 2 aromatic carbocycles. The Hall–Kier alpha value is -2.39. The number of urea groups is 1. The van der Waals surface area contributed by atoms with Gasteiger partial charge in [-0.05, 0) is 48.7 Å². The van der Waals surface area contributed by atoms with Crippen LogP contribution in [0.15, 0.2) is 53.4 Å². The van der Waals surface area contributed by atoms with Crippen LogP contribution >= 0.6 is 0 Å². The second kappa shape index (κ2) is 7.70. The number of hydrogen-bond donors (Lipinski definition) is 1. The van der Waals surface area contributed by atoms with Gasteiger partial charge in [-0.15, -0.1) is 0 Å². The molecule has 1 aliphatic heterocycles. The van der Waals surface area contributed by atoms with Crippen LogP contribution < -0.4 is 5.32 Å². The van der Waals surface area contributed by atoms with Crippen LogP contribution in [0.1, 0.15) is 26.3 Å². The van der Waals surface area contributed by atoms with Crippen LogP contribution in [0, 0.1) is 0 Å². The number of carbonyl (C=O) groups excluding carboxylic acids is 1. The van der Waals surface area contributed by atoms with Crippen molar-refractivity contribution in [3.63, 3.8) is 0 Å². The fourth-order valence-corrected chi connectivity index (χ4v) is 6.46. The van der Waals surface area contributed by atoms with Crippen molar-refractivity contribution < 1.29 is 21.6 Å². The van der Waals surface area contributed by atoms with Crippen LogP contribution in [-0.2, 0) is 24.5 Å². The van der Waals surface area contributed by atoms with E-state index < -0.39 is 30.6 Å². The summed E-state index contributed by atoms with van der Waals surface area (Å²) in [7, 11) is -7.11. The molecule has 1 N–H and O–H groups in total. The molecule has 1 unspecified atom stereocenters. The van der Waals surface area contributed by atoms with Crippen LogP contribution in [0.25, 0.3) is 11.1 Å². The van der Waals surface area contributed by atoms with Crippen LogP contribution in [-0.4, -0.2) is 52.4 Å². The van der Waals surface area contributed by atoms with E-state index in [0.717, 1.165) is 6.26 Å². The Morgan fingerprint density at radius 2 is 1.63 bits per heavy atom. The van der Waals surface area contributed by atoms with Crippen LogP contribution in [0.2, 0.25) is 0 Å². The normalized spacial score (nSPS) is 19.9. The first-order valence-corrected chi connectivity index (χ1v) is 13.2. The zero-order valence-electron chi connectivity index (χ0n) is 17.4. The molecule has 9 heteroatoms. The second-order valence-electron chi connectivity index (χ2n) is 7.69. The Bertz CT molecular complexity index is 1190. The highest BCUT2D eigenvalue weighted by molar-refractivity contribution is 7.92. The lowest BCUT2D eigenvalue weighted by Crippen LogP contribution is -2.54. The van der Waals surface area contributed by atoms with E-state index in [1.807, 2.05) is 0 Å². The summed E-state index contributed by atoms with van der Waals surface area (Å²) in [5.74, 6) is -0.126. The lowest BCUT2D eigenvalue weighted by Gasteiger charge is -2.39. The third-order valence-electron chi connectivity index (χ3n) is 5.41. The molecule has 1 saturated heterocycles. The quantitative estimate of drug-likeness (QED) is 0.729. The predicted octanol–water partition coefficient (Wildman–Crippen LogP) is 2.78. The summed E-state index contributed by atoms with van der Waals surface area (Å²) in [6, 6.07) is 12.7. The summed E-state index contributed by atoms with van der Waals surface area (Å²) >= 11 is 0. The third kappa shape index (κ3) is 3.60. The molecular formula is C21H26N2O5S2. The van der Waals surface area contributed by atoms with Gasteiger partial charge in [0.25, 0.3) is 0 Å². The van der Waals surface area contributed by atoms with Gasteiger partial charge in [0, 0.05) is 12.3 Å². The van der Waals surface area contributed by atoms with E-state index in [4.69, 9.17) is 0 Å². The van der Waals surface area contributed by atoms with Gasteiger partial charge >= 0.3 is 6.03 Å². The summed E-state index contributed by atoms with van der Waals surface area (Å²) in [5.41, 5.74) is 1.79. The molecule has 1 atom stereocenters. The van der Waals surface area contributed by atoms with Crippen molar-refractivity contribution in [2.45, 2.75) is 36.6 Å². The van der Waals surface area contributed by atoms with E-state index in [2.05, 4.69) is 5.32 Å². The molecule has 1 aliphatic rings. The molecule has 2 amide bonds. The molecule has 1 fully saturated rings. The van der Waals surface area contributed by atoms with Crippen molar-refractivity contribution in [2.24, 2.45) is 0 Å². The number of nitrogens with one attached hydrogen (secondary N) is 1.